The topological polar surface area (TPSA) is 101 Å². The fourth-order valence-electron chi connectivity index (χ4n) is 2.11. The molecule has 1 saturated heterocycles. The van der Waals surface area contributed by atoms with Gasteiger partial charge in [-0.05, 0) is 0 Å². The molecule has 0 bridgehead atoms. The number of ether oxygens (including phenoxy) is 5. The van der Waals surface area contributed by atoms with Crippen molar-refractivity contribution in [3.8, 4) is 0 Å². The van der Waals surface area contributed by atoms with Gasteiger partial charge in [0.1, 0.15) is 12.2 Å². The van der Waals surface area contributed by atoms with E-state index in [-0.39, 0.29) is 6.61 Å². The van der Waals surface area contributed by atoms with Crippen molar-refractivity contribution in [3.63, 3.8) is 0 Å². The molecule has 8 heteroatoms. The van der Waals surface area contributed by atoms with Crippen molar-refractivity contribution in [3.05, 3.63) is 0 Å². The number of esters is 2. The monoisotopic (exact) mass is 292 g/mol. The van der Waals surface area contributed by atoms with Crippen LogP contribution in [0.3, 0.4) is 0 Å². The van der Waals surface area contributed by atoms with Crippen LogP contribution in [-0.4, -0.2) is 68.6 Å². The van der Waals surface area contributed by atoms with E-state index in [0.717, 1.165) is 0 Å². The first-order valence-electron chi connectivity index (χ1n) is 6.10. The van der Waals surface area contributed by atoms with Crippen LogP contribution in [0.15, 0.2) is 0 Å². The molecule has 1 heterocycles. The average Bonchev–Trinajstić information content (AvgIpc) is 2.34. The Balaban J connectivity index is 2.96. The average molecular weight is 292 g/mol. The lowest BCUT2D eigenvalue weighted by Gasteiger charge is -2.42. The zero-order valence-electron chi connectivity index (χ0n) is 11.9. The molecule has 0 amide bonds. The molecule has 0 aromatic heterocycles. The van der Waals surface area contributed by atoms with E-state index >= 15 is 0 Å². The van der Waals surface area contributed by atoms with Gasteiger partial charge in [0.2, 0.25) is 0 Å². The maximum Gasteiger partial charge on any atom is 0.303 e. The van der Waals surface area contributed by atoms with Gasteiger partial charge in [0.05, 0.1) is 6.61 Å². The largest absolute Gasteiger partial charge is 0.457 e. The van der Waals surface area contributed by atoms with Gasteiger partial charge < -0.3 is 28.8 Å². The van der Waals surface area contributed by atoms with Crippen LogP contribution < -0.4 is 0 Å². The van der Waals surface area contributed by atoms with Crippen molar-refractivity contribution < 1.29 is 38.4 Å². The normalized spacial score (nSPS) is 33.5. The molecule has 0 saturated carbocycles. The van der Waals surface area contributed by atoms with Gasteiger partial charge in [-0.15, -0.1) is 0 Å². The van der Waals surface area contributed by atoms with Crippen molar-refractivity contribution in [2.45, 2.75) is 44.6 Å². The minimum absolute atomic E-state index is 0.0850. The van der Waals surface area contributed by atoms with Crippen LogP contribution in [0, 0.1) is 0 Å². The minimum Gasteiger partial charge on any atom is -0.457 e. The SMILES string of the molecule is COC[C@H]1O[C@H](O)[C@H](OC(C)=O)[C@@H](OC)[C@@H]1OC(C)=O. The number of carbonyl (C=O) groups is 2. The van der Waals surface area contributed by atoms with Gasteiger partial charge in [-0.25, -0.2) is 0 Å². The molecule has 116 valence electrons. The van der Waals surface area contributed by atoms with Crippen LogP contribution in [0.2, 0.25) is 0 Å². The molecule has 1 aliphatic rings. The molecule has 1 fully saturated rings. The molecule has 0 spiro atoms. The Hall–Kier alpha value is -1.22. The number of carbonyl (C=O) groups excluding carboxylic acids is 2. The lowest BCUT2D eigenvalue weighted by molar-refractivity contribution is -0.297. The highest BCUT2D eigenvalue weighted by molar-refractivity contribution is 5.67. The summed E-state index contributed by atoms with van der Waals surface area (Å²) >= 11 is 0. The van der Waals surface area contributed by atoms with Gasteiger partial charge >= 0.3 is 11.9 Å². The minimum atomic E-state index is -1.39. The van der Waals surface area contributed by atoms with Crippen LogP contribution in [0.1, 0.15) is 13.8 Å². The third-order valence-electron chi connectivity index (χ3n) is 2.82. The molecule has 0 unspecified atom stereocenters. The summed E-state index contributed by atoms with van der Waals surface area (Å²) in [5, 5.41) is 9.89. The van der Waals surface area contributed by atoms with Crippen LogP contribution in [0.4, 0.5) is 0 Å². The van der Waals surface area contributed by atoms with E-state index < -0.39 is 42.6 Å². The van der Waals surface area contributed by atoms with E-state index in [1.807, 2.05) is 0 Å². The zero-order chi connectivity index (χ0) is 15.3. The Kier molecular flexibility index (Phi) is 6.34. The Morgan fingerprint density at radius 2 is 1.60 bits per heavy atom. The predicted molar refractivity (Wildman–Crippen MR) is 64.7 cm³/mol. The van der Waals surface area contributed by atoms with Gasteiger partial charge in [0.15, 0.2) is 18.5 Å². The number of rotatable bonds is 5. The lowest BCUT2D eigenvalue weighted by Crippen LogP contribution is -2.61. The molecule has 1 aliphatic heterocycles. The Bertz CT molecular complexity index is 344. The molecule has 0 aromatic rings. The van der Waals surface area contributed by atoms with Crippen molar-refractivity contribution in [1.29, 1.82) is 0 Å². The third kappa shape index (κ3) is 4.14. The fraction of sp³-hybridized carbons (Fsp3) is 0.833. The van der Waals surface area contributed by atoms with Gasteiger partial charge in [0, 0.05) is 28.1 Å². The van der Waals surface area contributed by atoms with Crippen molar-refractivity contribution in [2.75, 3.05) is 20.8 Å². The summed E-state index contributed by atoms with van der Waals surface area (Å²) in [6.45, 7) is 2.52. The van der Waals surface area contributed by atoms with Crippen molar-refractivity contribution in [2.24, 2.45) is 0 Å². The van der Waals surface area contributed by atoms with E-state index in [4.69, 9.17) is 23.7 Å². The van der Waals surface area contributed by atoms with Crippen molar-refractivity contribution in [1.82, 2.24) is 0 Å². The first kappa shape index (κ1) is 16.8. The summed E-state index contributed by atoms with van der Waals surface area (Å²) in [5.41, 5.74) is 0. The third-order valence-corrected chi connectivity index (χ3v) is 2.82. The first-order valence-corrected chi connectivity index (χ1v) is 6.10. The second-order valence-electron chi connectivity index (χ2n) is 4.37. The molecular formula is C12H20O8. The number of methoxy groups -OCH3 is 2. The van der Waals surface area contributed by atoms with Crippen molar-refractivity contribution >= 4 is 11.9 Å². The van der Waals surface area contributed by atoms with Gasteiger partial charge in [-0.3, -0.25) is 9.59 Å². The van der Waals surface area contributed by atoms with E-state index in [1.165, 1.54) is 28.1 Å². The molecule has 20 heavy (non-hydrogen) atoms. The van der Waals surface area contributed by atoms with E-state index in [9.17, 15) is 14.7 Å². The highest BCUT2D eigenvalue weighted by Crippen LogP contribution is 2.27. The second-order valence-corrected chi connectivity index (χ2v) is 4.37. The quantitative estimate of drug-likeness (QED) is 0.659. The molecule has 5 atom stereocenters. The Morgan fingerprint density at radius 3 is 2.05 bits per heavy atom. The van der Waals surface area contributed by atoms with E-state index in [2.05, 4.69) is 0 Å². The summed E-state index contributed by atoms with van der Waals surface area (Å²) in [7, 11) is 2.81. The van der Waals surface area contributed by atoms with Gasteiger partial charge in [-0.2, -0.15) is 0 Å². The number of hydrogen-bond acceptors (Lipinski definition) is 8. The molecule has 1 N–H and O–H groups in total. The fourth-order valence-corrected chi connectivity index (χ4v) is 2.11. The Labute approximate surface area is 116 Å². The van der Waals surface area contributed by atoms with Crippen LogP contribution in [-0.2, 0) is 33.3 Å². The number of aliphatic hydroxyl groups excluding tert-OH is 1. The number of hydrogen-bond donors (Lipinski definition) is 1. The summed E-state index contributed by atoms with van der Waals surface area (Å²) in [6, 6.07) is 0. The standard InChI is InChI=1S/C12H20O8/c1-6(13)18-9-8(5-16-3)20-12(15)11(10(9)17-4)19-7(2)14/h8-12,15H,5H2,1-4H3/t8-,9-,10+,11-,12+/m1/s1. The van der Waals surface area contributed by atoms with Crippen LogP contribution >= 0.6 is 0 Å². The first-order chi connectivity index (χ1) is 9.40. The van der Waals surface area contributed by atoms with Gasteiger partial charge in [0.25, 0.3) is 0 Å². The molecule has 0 radical (unpaired) electrons. The summed E-state index contributed by atoms with van der Waals surface area (Å²) in [4.78, 5) is 22.3. The molecule has 0 aliphatic carbocycles. The van der Waals surface area contributed by atoms with Crippen LogP contribution in [0.25, 0.3) is 0 Å². The van der Waals surface area contributed by atoms with Crippen LogP contribution in [0.5, 0.6) is 0 Å². The van der Waals surface area contributed by atoms with E-state index in [0.29, 0.717) is 0 Å². The molecule has 0 aromatic carbocycles. The number of aliphatic hydroxyl groups is 1. The molecular weight excluding hydrogens is 272 g/mol. The smallest absolute Gasteiger partial charge is 0.303 e. The Morgan fingerprint density at radius 1 is 1.05 bits per heavy atom. The molecule has 8 nitrogen and oxygen atoms in total. The predicted octanol–water partition coefficient (Wildman–Crippen LogP) is -0.772. The lowest BCUT2D eigenvalue weighted by atomic mass is 9.98. The highest BCUT2D eigenvalue weighted by Gasteiger charge is 2.49. The maximum atomic E-state index is 11.2. The molecule has 1 rings (SSSR count). The second kappa shape index (κ2) is 7.53. The van der Waals surface area contributed by atoms with Gasteiger partial charge in [-0.1, -0.05) is 0 Å². The zero-order valence-corrected chi connectivity index (χ0v) is 11.9. The highest BCUT2D eigenvalue weighted by atomic mass is 16.7. The summed E-state index contributed by atoms with van der Waals surface area (Å²) in [6.07, 6.45) is -4.92. The maximum absolute atomic E-state index is 11.2. The summed E-state index contributed by atoms with van der Waals surface area (Å²) < 4.78 is 25.6. The van der Waals surface area contributed by atoms with E-state index in [1.54, 1.807) is 0 Å². The summed E-state index contributed by atoms with van der Waals surface area (Å²) in [5.74, 6) is -1.15.